The average molecular weight is 309 g/mol. The molecule has 4 nitrogen and oxygen atoms in total. The Morgan fingerprint density at radius 3 is 2.71 bits per heavy atom. The molecule has 3 heterocycles. The lowest BCUT2D eigenvalue weighted by molar-refractivity contribution is 0.296. The lowest BCUT2D eigenvalue weighted by Crippen LogP contribution is -2.25. The van der Waals surface area contributed by atoms with Crippen LogP contribution < -0.4 is 14.8 Å². The van der Waals surface area contributed by atoms with Crippen molar-refractivity contribution >= 4 is 11.6 Å². The number of nitrogens with one attached hydrogen (secondary N) is 1. The van der Waals surface area contributed by atoms with Crippen LogP contribution in [0.15, 0.2) is 12.1 Å². The average Bonchev–Trinajstić information content (AvgIpc) is 2.93. The van der Waals surface area contributed by atoms with Crippen molar-refractivity contribution in [3.05, 3.63) is 22.7 Å². The highest BCUT2D eigenvalue weighted by molar-refractivity contribution is 6.32. The van der Waals surface area contributed by atoms with Gasteiger partial charge in [0.2, 0.25) is 0 Å². The van der Waals surface area contributed by atoms with Gasteiger partial charge in [0.15, 0.2) is 11.5 Å². The van der Waals surface area contributed by atoms with Crippen LogP contribution in [0.25, 0.3) is 0 Å². The van der Waals surface area contributed by atoms with Crippen LogP contribution in [-0.2, 0) is 6.54 Å². The Kier molecular flexibility index (Phi) is 3.69. The van der Waals surface area contributed by atoms with E-state index in [0.29, 0.717) is 24.0 Å². The van der Waals surface area contributed by atoms with E-state index in [0.717, 1.165) is 30.6 Å². The first-order valence-corrected chi connectivity index (χ1v) is 8.18. The van der Waals surface area contributed by atoms with Gasteiger partial charge >= 0.3 is 0 Å². The number of hydrogen-bond donors (Lipinski definition) is 1. The van der Waals surface area contributed by atoms with Gasteiger partial charge in [-0.15, -0.1) is 0 Å². The molecule has 1 N–H and O–H groups in total. The van der Waals surface area contributed by atoms with E-state index in [1.807, 2.05) is 6.07 Å². The Morgan fingerprint density at radius 1 is 1.14 bits per heavy atom. The molecule has 2 unspecified atom stereocenters. The smallest absolute Gasteiger partial charge is 0.179 e. The number of ether oxygens (including phenoxy) is 2. The molecule has 1 aromatic rings. The summed E-state index contributed by atoms with van der Waals surface area (Å²) in [6, 6.07) is 4.13. The summed E-state index contributed by atoms with van der Waals surface area (Å²) < 4.78 is 11.5. The van der Waals surface area contributed by atoms with E-state index < -0.39 is 0 Å². The molecule has 0 spiro atoms. The van der Waals surface area contributed by atoms with Gasteiger partial charge in [0.25, 0.3) is 0 Å². The van der Waals surface area contributed by atoms with Crippen LogP contribution in [0.3, 0.4) is 0 Å². The summed E-state index contributed by atoms with van der Waals surface area (Å²) in [5.74, 6) is 3.15. The Labute approximate surface area is 130 Å². The zero-order chi connectivity index (χ0) is 14.2. The van der Waals surface area contributed by atoms with Crippen molar-refractivity contribution in [2.45, 2.75) is 13.0 Å². The van der Waals surface area contributed by atoms with Crippen LogP contribution in [0.4, 0.5) is 0 Å². The summed E-state index contributed by atoms with van der Waals surface area (Å²) >= 11 is 6.37. The third kappa shape index (κ3) is 2.72. The largest absolute Gasteiger partial charge is 0.489 e. The first kappa shape index (κ1) is 13.7. The molecule has 1 aromatic carbocycles. The first-order valence-electron chi connectivity index (χ1n) is 7.80. The summed E-state index contributed by atoms with van der Waals surface area (Å²) in [6.07, 6.45) is 0.906. The minimum absolute atomic E-state index is 0.672. The summed E-state index contributed by atoms with van der Waals surface area (Å²) in [6.45, 7) is 7.03. The Hall–Kier alpha value is -0.970. The van der Waals surface area contributed by atoms with Crippen LogP contribution in [0, 0.1) is 11.8 Å². The molecule has 0 radical (unpaired) electrons. The summed E-state index contributed by atoms with van der Waals surface area (Å²) in [7, 11) is 0. The van der Waals surface area contributed by atoms with Gasteiger partial charge in [-0.1, -0.05) is 11.6 Å². The molecular weight excluding hydrogens is 288 g/mol. The van der Waals surface area contributed by atoms with E-state index >= 15 is 0 Å². The molecule has 0 saturated carbocycles. The maximum absolute atomic E-state index is 6.37. The maximum Gasteiger partial charge on any atom is 0.179 e. The topological polar surface area (TPSA) is 33.7 Å². The van der Waals surface area contributed by atoms with E-state index in [-0.39, 0.29) is 0 Å². The van der Waals surface area contributed by atoms with Gasteiger partial charge in [0.05, 0.1) is 18.2 Å². The normalized spacial score (nSPS) is 28.4. The van der Waals surface area contributed by atoms with Crippen molar-refractivity contribution in [2.24, 2.45) is 11.8 Å². The third-order valence-corrected chi connectivity index (χ3v) is 5.01. The number of hydrogen-bond acceptors (Lipinski definition) is 4. The van der Waals surface area contributed by atoms with Crippen LogP contribution in [0.1, 0.15) is 12.0 Å². The SMILES string of the molecule is Clc1cc(CN2CC3CNCC3C2)cc2c1OCCCO2. The van der Waals surface area contributed by atoms with Crippen LogP contribution in [0.2, 0.25) is 5.02 Å². The zero-order valence-corrected chi connectivity index (χ0v) is 12.9. The van der Waals surface area contributed by atoms with Gasteiger partial charge in [-0.25, -0.2) is 0 Å². The highest BCUT2D eigenvalue weighted by Crippen LogP contribution is 2.38. The second-order valence-corrected chi connectivity index (χ2v) is 6.74. The molecule has 0 aromatic heterocycles. The Bertz CT molecular complexity index is 525. The lowest BCUT2D eigenvalue weighted by Gasteiger charge is -2.18. The monoisotopic (exact) mass is 308 g/mol. The molecular formula is C16H21ClN2O2. The van der Waals surface area contributed by atoms with Gasteiger partial charge in [-0.2, -0.15) is 0 Å². The number of halogens is 1. The minimum atomic E-state index is 0.672. The molecule has 21 heavy (non-hydrogen) atoms. The lowest BCUT2D eigenvalue weighted by atomic mass is 10.0. The van der Waals surface area contributed by atoms with E-state index in [2.05, 4.69) is 16.3 Å². The fourth-order valence-corrected chi connectivity index (χ4v) is 4.00. The van der Waals surface area contributed by atoms with Gasteiger partial charge in [-0.3, -0.25) is 4.90 Å². The van der Waals surface area contributed by atoms with Gasteiger partial charge in [0, 0.05) is 26.1 Å². The third-order valence-electron chi connectivity index (χ3n) is 4.73. The number of rotatable bonds is 2. The molecule has 3 aliphatic heterocycles. The van der Waals surface area contributed by atoms with Gasteiger partial charge < -0.3 is 14.8 Å². The Balaban J connectivity index is 1.50. The fraction of sp³-hybridized carbons (Fsp3) is 0.625. The molecule has 0 aliphatic carbocycles. The summed E-state index contributed by atoms with van der Waals surface area (Å²) in [5.41, 5.74) is 1.22. The van der Waals surface area contributed by atoms with Crippen molar-refractivity contribution in [1.82, 2.24) is 10.2 Å². The van der Waals surface area contributed by atoms with E-state index in [4.69, 9.17) is 21.1 Å². The zero-order valence-electron chi connectivity index (χ0n) is 12.1. The number of fused-ring (bicyclic) bond motifs is 2. The van der Waals surface area contributed by atoms with Crippen molar-refractivity contribution in [2.75, 3.05) is 39.4 Å². The molecule has 114 valence electrons. The van der Waals surface area contributed by atoms with Crippen LogP contribution in [-0.4, -0.2) is 44.3 Å². The fourth-order valence-electron chi connectivity index (χ4n) is 3.72. The molecule has 2 atom stereocenters. The van der Waals surface area contributed by atoms with Crippen LogP contribution >= 0.6 is 11.6 Å². The number of nitrogens with zero attached hydrogens (tertiary/aromatic N) is 1. The quantitative estimate of drug-likeness (QED) is 0.908. The maximum atomic E-state index is 6.37. The standard InChI is InChI=1S/C16H21ClN2O2/c17-14-4-11(5-15-16(14)21-3-1-2-20-15)8-19-9-12-6-18-7-13(12)10-19/h4-5,12-13,18H,1-3,6-10H2. The molecule has 2 saturated heterocycles. The predicted molar refractivity (Wildman–Crippen MR) is 82.2 cm³/mol. The van der Waals surface area contributed by atoms with E-state index in [1.54, 1.807) is 0 Å². The Morgan fingerprint density at radius 2 is 1.90 bits per heavy atom. The van der Waals surface area contributed by atoms with E-state index in [1.165, 1.54) is 31.7 Å². The predicted octanol–water partition coefficient (Wildman–Crippen LogP) is 2.15. The number of likely N-dealkylation sites (tertiary alicyclic amines) is 1. The highest BCUT2D eigenvalue weighted by Gasteiger charge is 2.35. The van der Waals surface area contributed by atoms with Gasteiger partial charge in [-0.05, 0) is 42.6 Å². The number of benzene rings is 1. The van der Waals surface area contributed by atoms with Crippen molar-refractivity contribution in [3.63, 3.8) is 0 Å². The molecule has 3 aliphatic rings. The van der Waals surface area contributed by atoms with E-state index in [9.17, 15) is 0 Å². The minimum Gasteiger partial charge on any atom is -0.489 e. The molecule has 5 heteroatoms. The molecule has 4 rings (SSSR count). The van der Waals surface area contributed by atoms with Crippen molar-refractivity contribution in [1.29, 1.82) is 0 Å². The van der Waals surface area contributed by atoms with Crippen molar-refractivity contribution < 1.29 is 9.47 Å². The molecule has 2 fully saturated rings. The molecule has 0 amide bonds. The summed E-state index contributed by atoms with van der Waals surface area (Å²) in [4.78, 5) is 2.53. The first-order chi connectivity index (χ1) is 10.3. The van der Waals surface area contributed by atoms with Crippen LogP contribution in [0.5, 0.6) is 11.5 Å². The molecule has 0 bridgehead atoms. The second kappa shape index (κ2) is 5.67. The van der Waals surface area contributed by atoms with Gasteiger partial charge in [0.1, 0.15) is 0 Å². The second-order valence-electron chi connectivity index (χ2n) is 6.33. The highest BCUT2D eigenvalue weighted by atomic mass is 35.5. The van der Waals surface area contributed by atoms with Crippen molar-refractivity contribution in [3.8, 4) is 11.5 Å². The summed E-state index contributed by atoms with van der Waals surface area (Å²) in [5, 5.41) is 4.15.